The van der Waals surface area contributed by atoms with Crippen molar-refractivity contribution in [1.82, 2.24) is 5.32 Å². The van der Waals surface area contributed by atoms with Crippen molar-refractivity contribution in [3.05, 3.63) is 65.5 Å². The Labute approximate surface area is 159 Å². The van der Waals surface area contributed by atoms with Gasteiger partial charge in [0, 0.05) is 31.6 Å². The topological polar surface area (TPSA) is 47.6 Å². The van der Waals surface area contributed by atoms with Gasteiger partial charge >= 0.3 is 0 Å². The zero-order chi connectivity index (χ0) is 19.1. The molecule has 0 unspecified atom stereocenters. The molecule has 1 amide bonds. The number of ether oxygens (including phenoxy) is 2. The van der Waals surface area contributed by atoms with E-state index in [0.717, 1.165) is 29.7 Å². The molecule has 0 aromatic heterocycles. The number of benzene rings is 2. The van der Waals surface area contributed by atoms with Crippen LogP contribution < -0.4 is 10.1 Å². The van der Waals surface area contributed by atoms with Crippen LogP contribution in [0.2, 0.25) is 0 Å². The molecule has 0 bridgehead atoms. The van der Waals surface area contributed by atoms with Crippen molar-refractivity contribution in [1.29, 1.82) is 0 Å². The largest absolute Gasteiger partial charge is 0.496 e. The van der Waals surface area contributed by atoms with E-state index in [9.17, 15) is 9.18 Å². The number of hydrogen-bond donors (Lipinski definition) is 1. The van der Waals surface area contributed by atoms with E-state index in [4.69, 9.17) is 9.47 Å². The van der Waals surface area contributed by atoms with Crippen molar-refractivity contribution >= 4 is 5.91 Å². The van der Waals surface area contributed by atoms with Gasteiger partial charge in [-0.05, 0) is 48.6 Å². The Morgan fingerprint density at radius 2 is 1.96 bits per heavy atom. The molecule has 2 aromatic rings. The normalized spacial score (nSPS) is 15.9. The van der Waals surface area contributed by atoms with Gasteiger partial charge in [-0.2, -0.15) is 0 Å². The van der Waals surface area contributed by atoms with E-state index in [2.05, 4.69) is 5.32 Å². The third-order valence-electron chi connectivity index (χ3n) is 5.32. The van der Waals surface area contributed by atoms with E-state index in [-0.39, 0.29) is 17.1 Å². The molecular formula is C22H26FNO3. The number of amides is 1. The fraction of sp³-hybridized carbons (Fsp3) is 0.409. The SMILES string of the molecule is COc1ccccc1CCC(=O)NCC1(c2cccc(F)c2)CCOCC1. The monoisotopic (exact) mass is 371 g/mol. The number of nitrogens with one attached hydrogen (secondary N) is 1. The highest BCUT2D eigenvalue weighted by Crippen LogP contribution is 2.34. The summed E-state index contributed by atoms with van der Waals surface area (Å²) in [5, 5.41) is 3.06. The molecule has 1 N–H and O–H groups in total. The Morgan fingerprint density at radius 3 is 2.70 bits per heavy atom. The van der Waals surface area contributed by atoms with Gasteiger partial charge < -0.3 is 14.8 Å². The fourth-order valence-corrected chi connectivity index (χ4v) is 3.66. The number of halogens is 1. The van der Waals surface area contributed by atoms with Crippen LogP contribution in [0.25, 0.3) is 0 Å². The molecule has 0 spiro atoms. The van der Waals surface area contributed by atoms with Crippen LogP contribution in [0, 0.1) is 5.82 Å². The Kier molecular flexibility index (Phi) is 6.45. The minimum atomic E-state index is -0.277. The predicted molar refractivity (Wildman–Crippen MR) is 102 cm³/mol. The first-order chi connectivity index (χ1) is 13.1. The van der Waals surface area contributed by atoms with E-state index in [1.807, 2.05) is 30.3 Å². The molecule has 1 aliphatic heterocycles. The number of rotatable bonds is 7. The Hall–Kier alpha value is -2.40. The smallest absolute Gasteiger partial charge is 0.220 e. The molecule has 0 atom stereocenters. The number of methoxy groups -OCH3 is 1. The minimum absolute atomic E-state index is 0.0109. The van der Waals surface area contributed by atoms with Crippen LogP contribution >= 0.6 is 0 Å². The lowest BCUT2D eigenvalue weighted by atomic mass is 9.74. The highest BCUT2D eigenvalue weighted by Gasteiger charge is 2.35. The first-order valence-corrected chi connectivity index (χ1v) is 9.35. The van der Waals surface area contributed by atoms with Crippen molar-refractivity contribution < 1.29 is 18.7 Å². The van der Waals surface area contributed by atoms with E-state index in [1.54, 1.807) is 19.2 Å². The molecule has 1 fully saturated rings. The molecule has 2 aromatic carbocycles. The van der Waals surface area contributed by atoms with Crippen molar-refractivity contribution in [3.63, 3.8) is 0 Å². The third kappa shape index (κ3) is 4.86. The first-order valence-electron chi connectivity index (χ1n) is 9.35. The summed E-state index contributed by atoms with van der Waals surface area (Å²) < 4.78 is 24.6. The molecule has 0 saturated carbocycles. The quantitative estimate of drug-likeness (QED) is 0.808. The van der Waals surface area contributed by atoms with Crippen LogP contribution in [0.15, 0.2) is 48.5 Å². The van der Waals surface area contributed by atoms with Gasteiger partial charge in [-0.1, -0.05) is 30.3 Å². The Bertz CT molecular complexity index is 772. The molecule has 0 aliphatic carbocycles. The second-order valence-corrected chi connectivity index (χ2v) is 6.99. The summed E-state index contributed by atoms with van der Waals surface area (Å²) in [5.74, 6) is 0.537. The highest BCUT2D eigenvalue weighted by molar-refractivity contribution is 5.76. The van der Waals surface area contributed by atoms with Gasteiger partial charge in [0.15, 0.2) is 0 Å². The van der Waals surface area contributed by atoms with Crippen LogP contribution in [-0.4, -0.2) is 32.8 Å². The van der Waals surface area contributed by atoms with Crippen molar-refractivity contribution in [2.24, 2.45) is 0 Å². The highest BCUT2D eigenvalue weighted by atomic mass is 19.1. The van der Waals surface area contributed by atoms with Crippen molar-refractivity contribution in [2.75, 3.05) is 26.9 Å². The van der Waals surface area contributed by atoms with Crippen molar-refractivity contribution in [3.8, 4) is 5.75 Å². The summed E-state index contributed by atoms with van der Waals surface area (Å²) in [5.41, 5.74) is 1.66. The molecule has 144 valence electrons. The standard InChI is InChI=1S/C22H26FNO3/c1-26-20-8-3-2-5-17(20)9-10-21(25)24-16-22(11-13-27-14-12-22)18-6-4-7-19(23)15-18/h2-8,15H,9-14,16H2,1H3,(H,24,25). The maximum Gasteiger partial charge on any atom is 0.220 e. The van der Waals surface area contributed by atoms with E-state index >= 15 is 0 Å². The second kappa shape index (κ2) is 9.00. The van der Waals surface area contributed by atoms with Gasteiger partial charge in [0.05, 0.1) is 7.11 Å². The molecule has 27 heavy (non-hydrogen) atoms. The molecule has 0 radical (unpaired) electrons. The van der Waals surface area contributed by atoms with Crippen LogP contribution in [0.1, 0.15) is 30.4 Å². The second-order valence-electron chi connectivity index (χ2n) is 6.99. The van der Waals surface area contributed by atoms with Gasteiger partial charge in [-0.3, -0.25) is 4.79 Å². The zero-order valence-corrected chi connectivity index (χ0v) is 15.7. The molecule has 1 heterocycles. The third-order valence-corrected chi connectivity index (χ3v) is 5.32. The summed E-state index contributed by atoms with van der Waals surface area (Å²) in [6, 6.07) is 14.4. The first kappa shape index (κ1) is 19.4. The lowest BCUT2D eigenvalue weighted by Crippen LogP contribution is -2.44. The van der Waals surface area contributed by atoms with E-state index < -0.39 is 0 Å². The van der Waals surface area contributed by atoms with E-state index in [0.29, 0.717) is 32.6 Å². The summed E-state index contributed by atoms with van der Waals surface area (Å²) in [7, 11) is 1.63. The molecule has 5 heteroatoms. The fourth-order valence-electron chi connectivity index (χ4n) is 3.66. The Morgan fingerprint density at radius 1 is 1.19 bits per heavy atom. The number of hydrogen-bond acceptors (Lipinski definition) is 3. The lowest BCUT2D eigenvalue weighted by Gasteiger charge is -2.38. The zero-order valence-electron chi connectivity index (χ0n) is 15.7. The lowest BCUT2D eigenvalue weighted by molar-refractivity contribution is -0.121. The predicted octanol–water partition coefficient (Wildman–Crippen LogP) is 3.63. The van der Waals surface area contributed by atoms with Crippen LogP contribution in [0.3, 0.4) is 0 Å². The molecule has 3 rings (SSSR count). The van der Waals surface area contributed by atoms with Gasteiger partial charge in [0.2, 0.25) is 5.91 Å². The summed E-state index contributed by atoms with van der Waals surface area (Å²) in [4.78, 5) is 12.4. The summed E-state index contributed by atoms with van der Waals surface area (Å²) in [6.45, 7) is 1.73. The van der Waals surface area contributed by atoms with Crippen LogP contribution in [0.4, 0.5) is 4.39 Å². The van der Waals surface area contributed by atoms with Crippen LogP contribution in [0.5, 0.6) is 5.75 Å². The molecule has 4 nitrogen and oxygen atoms in total. The number of carbonyl (C=O) groups is 1. The minimum Gasteiger partial charge on any atom is -0.496 e. The van der Waals surface area contributed by atoms with Crippen molar-refractivity contribution in [2.45, 2.75) is 31.1 Å². The maximum atomic E-state index is 13.7. The van der Waals surface area contributed by atoms with Crippen LogP contribution in [-0.2, 0) is 21.4 Å². The number of aryl methyl sites for hydroxylation is 1. The molecule has 1 saturated heterocycles. The van der Waals surface area contributed by atoms with Gasteiger partial charge in [-0.25, -0.2) is 4.39 Å². The maximum absolute atomic E-state index is 13.7. The van der Waals surface area contributed by atoms with Gasteiger partial charge in [-0.15, -0.1) is 0 Å². The molecular weight excluding hydrogens is 345 g/mol. The number of carbonyl (C=O) groups excluding carboxylic acids is 1. The summed E-state index contributed by atoms with van der Waals surface area (Å²) >= 11 is 0. The van der Waals surface area contributed by atoms with Gasteiger partial charge in [0.25, 0.3) is 0 Å². The van der Waals surface area contributed by atoms with E-state index in [1.165, 1.54) is 6.07 Å². The average Bonchev–Trinajstić information content (AvgIpc) is 2.71. The average molecular weight is 371 g/mol. The number of para-hydroxylation sites is 1. The summed E-state index contributed by atoms with van der Waals surface area (Å²) in [6.07, 6.45) is 2.54. The van der Waals surface area contributed by atoms with Gasteiger partial charge in [0.1, 0.15) is 11.6 Å². The molecule has 1 aliphatic rings. The Balaban J connectivity index is 1.62.